The highest BCUT2D eigenvalue weighted by Gasteiger charge is 2.70. The van der Waals surface area contributed by atoms with Gasteiger partial charge in [-0.25, -0.2) is 0 Å². The van der Waals surface area contributed by atoms with Crippen LogP contribution in [0.3, 0.4) is 0 Å². The predicted molar refractivity (Wildman–Crippen MR) is 307 cm³/mol. The smallest absolute Gasteiger partial charge is 0.187 e. The van der Waals surface area contributed by atoms with Crippen molar-refractivity contribution in [3.63, 3.8) is 0 Å². The van der Waals surface area contributed by atoms with Crippen LogP contribution in [0.1, 0.15) is 121 Å². The van der Waals surface area contributed by atoms with Crippen molar-refractivity contribution in [3.8, 4) is 0 Å². The minimum atomic E-state index is -1.84. The van der Waals surface area contributed by atoms with Gasteiger partial charge >= 0.3 is 0 Å². The van der Waals surface area contributed by atoms with Crippen LogP contribution in [0.4, 0.5) is 0 Å². The van der Waals surface area contributed by atoms with Crippen LogP contribution in [0.5, 0.6) is 0 Å². The summed E-state index contributed by atoms with van der Waals surface area (Å²) >= 11 is 0. The summed E-state index contributed by atoms with van der Waals surface area (Å²) in [6, 6.07) is 0. The number of aliphatic hydroxyl groups is 17. The van der Waals surface area contributed by atoms with Crippen molar-refractivity contribution in [2.45, 2.75) is 286 Å². The topological polar surface area (TPSA) is 436 Å². The van der Waals surface area contributed by atoms with Crippen LogP contribution in [0.25, 0.3) is 0 Å². The van der Waals surface area contributed by atoms with Crippen molar-refractivity contribution in [2.75, 3.05) is 33.0 Å². The Morgan fingerprint density at radius 2 is 1.03 bits per heavy atom. The number of aliphatic hydroxyl groups excluding tert-OH is 16. The van der Waals surface area contributed by atoms with Crippen molar-refractivity contribution in [2.24, 2.45) is 57.2 Å². The Morgan fingerprint density at radius 3 is 1.61 bits per heavy atom. The zero-order valence-electron chi connectivity index (χ0n) is 52.9. The third kappa shape index (κ3) is 13.1. The van der Waals surface area contributed by atoms with Gasteiger partial charge in [0.2, 0.25) is 0 Å². The predicted octanol–water partition coefficient (Wildman–Crippen LogP) is -2.86. The summed E-state index contributed by atoms with van der Waals surface area (Å²) in [6.07, 6.45) is -29.4. The molecule has 5 saturated heterocycles. The van der Waals surface area contributed by atoms with Crippen molar-refractivity contribution >= 4 is 0 Å². The Labute approximate surface area is 520 Å². The number of allylic oxidation sites excluding steroid dienone is 1. The van der Waals surface area contributed by atoms with Crippen LogP contribution >= 0.6 is 0 Å². The average Bonchev–Trinajstić information content (AvgIpc) is 1.66. The first-order valence-electron chi connectivity index (χ1n) is 32.2. The van der Waals surface area contributed by atoms with E-state index in [1.54, 1.807) is 27.7 Å². The summed E-state index contributed by atoms with van der Waals surface area (Å²) in [6.45, 7) is 16.8. The Kier molecular flexibility index (Phi) is 22.3. The molecular formula is C62H106O27. The van der Waals surface area contributed by atoms with E-state index in [2.05, 4.69) is 47.6 Å². The van der Waals surface area contributed by atoms with E-state index >= 15 is 0 Å². The maximum atomic E-state index is 12.9. The van der Waals surface area contributed by atoms with Gasteiger partial charge in [-0.15, -0.1) is 0 Å². The van der Waals surface area contributed by atoms with Gasteiger partial charge in [0.1, 0.15) is 91.6 Å². The summed E-state index contributed by atoms with van der Waals surface area (Å²) < 4.78 is 60.7. The molecule has 0 spiro atoms. The summed E-state index contributed by atoms with van der Waals surface area (Å²) in [5.41, 5.74) is -2.24. The van der Waals surface area contributed by atoms with Gasteiger partial charge in [-0.3, -0.25) is 0 Å². The van der Waals surface area contributed by atoms with Gasteiger partial charge in [0.25, 0.3) is 0 Å². The fourth-order valence-corrected chi connectivity index (χ4v) is 17.4. The third-order valence-corrected chi connectivity index (χ3v) is 23.6. The minimum absolute atomic E-state index is 0.0229. The molecule has 9 aliphatic rings. The van der Waals surface area contributed by atoms with Gasteiger partial charge in [-0.1, -0.05) is 67.0 Å². The molecule has 3 saturated carbocycles. The SMILES string of the molecule is C[C@@H]1[C@@H](O)[C@H](OC[C@H]2O[C@@H](O[C@H](CC[C@@H](C)C3CC[C@@]4(C)C5CC=C6C(CC[C@H](O[C@@H]7O[C@H](CO[C@@H]8O[C@H](CO)[C@@H](O)[C@H](O)[C@H]8O)[C@@H](O)[C@H](O)[C@H]7O)C6(C)C)[C@]5(C)[C@H](O)C[C@]34C)C(C)(C)O)[C@H](O[C@H]3O[C@@H](CO)[C@H](O)[C@@H](O)[C@@H]3O)[C@@H](O)[C@@H]2C)O[C@H](CO)[C@H]1O. The van der Waals surface area contributed by atoms with E-state index in [-0.39, 0.29) is 47.5 Å². The lowest BCUT2D eigenvalue weighted by atomic mass is 9.38. The van der Waals surface area contributed by atoms with Gasteiger partial charge in [0, 0.05) is 22.7 Å². The molecule has 0 bridgehead atoms. The second-order valence-corrected chi connectivity index (χ2v) is 29.5. The fraction of sp³-hybridized carbons (Fsp3) is 0.968. The minimum Gasteiger partial charge on any atom is -0.394 e. The van der Waals surface area contributed by atoms with Crippen LogP contribution in [-0.2, 0) is 47.4 Å². The van der Waals surface area contributed by atoms with E-state index < -0.39 is 214 Å². The molecule has 35 atom stereocenters. The van der Waals surface area contributed by atoms with Crippen molar-refractivity contribution < 1.29 is 134 Å². The molecule has 27 nitrogen and oxygen atoms in total. The molecule has 0 aromatic carbocycles. The number of hydrogen-bond acceptors (Lipinski definition) is 27. The number of fused-ring (bicyclic) bond motifs is 5. The Hall–Kier alpha value is -1.34. The molecular weight excluding hydrogens is 1180 g/mol. The highest BCUT2D eigenvalue weighted by molar-refractivity contribution is 5.32. The van der Waals surface area contributed by atoms with Gasteiger partial charge in [-0.05, 0) is 99.7 Å². The normalized spacial score (nSPS) is 51.8. The monoisotopic (exact) mass is 1280 g/mol. The van der Waals surface area contributed by atoms with E-state index in [0.717, 1.165) is 18.4 Å². The van der Waals surface area contributed by atoms with Crippen LogP contribution < -0.4 is 0 Å². The summed E-state index contributed by atoms with van der Waals surface area (Å²) in [7, 11) is 0. The Balaban J connectivity index is 0.883. The van der Waals surface area contributed by atoms with Gasteiger partial charge in [0.05, 0.1) is 75.3 Å². The molecule has 5 heterocycles. The lowest BCUT2D eigenvalue weighted by molar-refractivity contribution is -0.375. The average molecular weight is 1280 g/mol. The molecule has 0 amide bonds. The van der Waals surface area contributed by atoms with Crippen LogP contribution in [0.2, 0.25) is 0 Å². The molecule has 4 aliphatic carbocycles. The molecule has 516 valence electrons. The van der Waals surface area contributed by atoms with Crippen molar-refractivity contribution in [1.82, 2.24) is 0 Å². The number of rotatable bonds is 20. The molecule has 0 aromatic rings. The molecule has 0 aromatic heterocycles. The van der Waals surface area contributed by atoms with E-state index in [1.807, 2.05) is 0 Å². The lowest BCUT2D eigenvalue weighted by Crippen LogP contribution is -2.65. The summed E-state index contributed by atoms with van der Waals surface area (Å²) in [5.74, 6) is -1.41. The summed E-state index contributed by atoms with van der Waals surface area (Å²) in [4.78, 5) is 0. The first-order chi connectivity index (χ1) is 41.6. The maximum Gasteiger partial charge on any atom is 0.187 e. The molecule has 3 unspecified atom stereocenters. The molecule has 27 heteroatoms. The molecule has 8 fully saturated rings. The van der Waals surface area contributed by atoms with Crippen LogP contribution in [0.15, 0.2) is 11.6 Å². The first kappa shape index (κ1) is 71.9. The van der Waals surface area contributed by atoms with Gasteiger partial charge in [0.15, 0.2) is 31.5 Å². The van der Waals surface area contributed by atoms with E-state index in [0.29, 0.717) is 32.1 Å². The molecule has 0 radical (unpaired) electrons. The molecule has 17 N–H and O–H groups in total. The highest BCUT2D eigenvalue weighted by Crippen LogP contribution is 2.75. The summed E-state index contributed by atoms with van der Waals surface area (Å²) in [5, 5.41) is 185. The van der Waals surface area contributed by atoms with E-state index in [4.69, 9.17) is 47.4 Å². The number of ether oxygens (including phenoxy) is 10. The number of hydrogen-bond donors (Lipinski definition) is 17. The van der Waals surface area contributed by atoms with Crippen molar-refractivity contribution in [3.05, 3.63) is 11.6 Å². The third-order valence-electron chi connectivity index (χ3n) is 23.6. The Bertz CT molecular complexity index is 2340. The van der Waals surface area contributed by atoms with E-state index in [1.165, 1.54) is 0 Å². The first-order valence-corrected chi connectivity index (χ1v) is 32.2. The zero-order valence-corrected chi connectivity index (χ0v) is 52.9. The van der Waals surface area contributed by atoms with Crippen LogP contribution in [0, 0.1) is 57.2 Å². The van der Waals surface area contributed by atoms with Gasteiger partial charge < -0.3 is 134 Å². The molecule has 89 heavy (non-hydrogen) atoms. The largest absolute Gasteiger partial charge is 0.394 e. The lowest BCUT2D eigenvalue weighted by Gasteiger charge is -2.67. The van der Waals surface area contributed by atoms with Crippen molar-refractivity contribution in [1.29, 1.82) is 0 Å². The molecule has 5 aliphatic heterocycles. The zero-order chi connectivity index (χ0) is 65.5. The maximum absolute atomic E-state index is 12.9. The quantitative estimate of drug-likeness (QED) is 0.0545. The standard InChI is InChI=1S/C62H106O27/c1-25(11-15-39(59(6,7)79)88-57-52(89-56-51(78)47(74)44(71)33(22-65)84-56)41(68)26(2)34(85-57)23-80-53-42(69)27(3)40(67)31(20-63)82-53)28-17-18-60(8)36-14-12-29-30(62(36,10)37(66)19-61(28,60)9)13-16-38(58(29,4)5)87-55-50(77)48(75)45(72)35(86-55)24-81-54-49(76)46(73)43(70)32(21-64)83-54/h12,25-28,30-57,63-79H,11,13-24H2,1-10H3/t25-,26-,27+,28?,30?,31-,32-,33+,34-,35-,36?,37-,38+,39-,40+,41+,42-,43-,44+,45-,46+,47-,48+,49-,50-,51+,52-,53-,54-,55+,56-,57+,60+,61-,62+/m1/s1. The Morgan fingerprint density at radius 1 is 0.539 bits per heavy atom. The molecule has 9 rings (SSSR count). The highest BCUT2D eigenvalue weighted by atomic mass is 16.8. The van der Waals surface area contributed by atoms with E-state index in [9.17, 15) is 86.8 Å². The van der Waals surface area contributed by atoms with Gasteiger partial charge in [-0.2, -0.15) is 0 Å². The fourth-order valence-electron chi connectivity index (χ4n) is 17.4. The van der Waals surface area contributed by atoms with Crippen LogP contribution in [-0.4, -0.2) is 285 Å². The second kappa shape index (κ2) is 27.6. The second-order valence-electron chi connectivity index (χ2n) is 29.5.